The summed E-state index contributed by atoms with van der Waals surface area (Å²) in [4.78, 5) is 11.9. The van der Waals surface area contributed by atoms with Crippen LogP contribution in [0, 0.1) is 12.7 Å². The molecule has 2 aromatic carbocycles. The molecule has 0 saturated heterocycles. The monoisotopic (exact) mass is 263 g/mol. The van der Waals surface area contributed by atoms with Crippen molar-refractivity contribution in [2.75, 3.05) is 5.32 Å². The molecule has 0 fully saturated rings. The lowest BCUT2D eigenvalue weighted by Crippen LogP contribution is -2.12. The van der Waals surface area contributed by atoms with Gasteiger partial charge in [-0.1, -0.05) is 11.6 Å². The normalized spacial score (nSPS) is 10.2. The number of rotatable bonds is 2. The van der Waals surface area contributed by atoms with Crippen LogP contribution in [0.25, 0.3) is 0 Å². The second kappa shape index (κ2) is 5.19. The van der Waals surface area contributed by atoms with Gasteiger partial charge in [-0.2, -0.15) is 0 Å². The van der Waals surface area contributed by atoms with Crippen molar-refractivity contribution in [2.45, 2.75) is 6.92 Å². The molecule has 2 rings (SSSR count). The van der Waals surface area contributed by atoms with Crippen LogP contribution < -0.4 is 5.32 Å². The molecule has 0 saturated carbocycles. The number of carbonyl (C=O) groups excluding carboxylic acids is 1. The van der Waals surface area contributed by atoms with Crippen LogP contribution in [0.15, 0.2) is 42.5 Å². The number of benzene rings is 2. The first-order valence-electron chi connectivity index (χ1n) is 5.39. The minimum Gasteiger partial charge on any atom is -0.322 e. The molecular formula is C14H11ClFNO. The van der Waals surface area contributed by atoms with E-state index in [9.17, 15) is 9.18 Å². The van der Waals surface area contributed by atoms with E-state index in [0.717, 1.165) is 0 Å². The van der Waals surface area contributed by atoms with E-state index in [1.165, 1.54) is 12.1 Å². The zero-order valence-electron chi connectivity index (χ0n) is 9.71. The fourth-order valence-corrected chi connectivity index (χ4v) is 1.69. The lowest BCUT2D eigenvalue weighted by molar-refractivity contribution is 0.102. The molecule has 0 spiro atoms. The first-order valence-corrected chi connectivity index (χ1v) is 5.77. The highest BCUT2D eigenvalue weighted by Crippen LogP contribution is 2.17. The summed E-state index contributed by atoms with van der Waals surface area (Å²) in [5.74, 6) is -0.571. The zero-order valence-corrected chi connectivity index (χ0v) is 10.5. The number of amides is 1. The first-order chi connectivity index (χ1) is 8.56. The quantitative estimate of drug-likeness (QED) is 0.870. The highest BCUT2D eigenvalue weighted by molar-refractivity contribution is 6.30. The molecule has 2 aromatic rings. The van der Waals surface area contributed by atoms with Gasteiger partial charge in [0.25, 0.3) is 5.91 Å². The van der Waals surface area contributed by atoms with Gasteiger partial charge in [-0.15, -0.1) is 0 Å². The molecule has 1 N–H and O–H groups in total. The predicted octanol–water partition coefficient (Wildman–Crippen LogP) is 4.04. The van der Waals surface area contributed by atoms with Gasteiger partial charge in [0.15, 0.2) is 0 Å². The Kier molecular flexibility index (Phi) is 3.63. The summed E-state index contributed by atoms with van der Waals surface area (Å²) in [6.07, 6.45) is 0. The van der Waals surface area contributed by atoms with Crippen molar-refractivity contribution in [1.29, 1.82) is 0 Å². The molecule has 0 unspecified atom stereocenters. The summed E-state index contributed by atoms with van der Waals surface area (Å²) in [5.41, 5.74) is 1.77. The number of halogens is 2. The van der Waals surface area contributed by atoms with Crippen LogP contribution >= 0.6 is 11.6 Å². The van der Waals surface area contributed by atoms with E-state index >= 15 is 0 Å². The van der Waals surface area contributed by atoms with E-state index < -0.39 is 0 Å². The minimum atomic E-state index is -0.322. The summed E-state index contributed by atoms with van der Waals surface area (Å²) in [6, 6.07) is 10.8. The average Bonchev–Trinajstić information content (AvgIpc) is 2.33. The SMILES string of the molecule is Cc1cc(F)ccc1NC(=O)c1ccc(Cl)cc1. The van der Waals surface area contributed by atoms with Gasteiger partial charge < -0.3 is 5.32 Å². The molecule has 4 heteroatoms. The molecular weight excluding hydrogens is 253 g/mol. The maximum atomic E-state index is 12.9. The second-order valence-electron chi connectivity index (χ2n) is 3.92. The van der Waals surface area contributed by atoms with E-state index in [1.54, 1.807) is 37.3 Å². The molecule has 18 heavy (non-hydrogen) atoms. The number of anilines is 1. The molecule has 2 nitrogen and oxygen atoms in total. The van der Waals surface area contributed by atoms with Gasteiger partial charge in [0.1, 0.15) is 5.82 Å². The second-order valence-corrected chi connectivity index (χ2v) is 4.36. The van der Waals surface area contributed by atoms with Crippen LogP contribution in [-0.2, 0) is 0 Å². The van der Waals surface area contributed by atoms with Crippen molar-refractivity contribution in [3.8, 4) is 0 Å². The van der Waals surface area contributed by atoms with E-state index in [0.29, 0.717) is 21.8 Å². The first kappa shape index (κ1) is 12.6. The topological polar surface area (TPSA) is 29.1 Å². The summed E-state index contributed by atoms with van der Waals surface area (Å²) < 4.78 is 12.9. The van der Waals surface area contributed by atoms with Gasteiger partial charge in [0.2, 0.25) is 0 Å². The summed E-state index contributed by atoms with van der Waals surface area (Å²) in [6.45, 7) is 1.74. The van der Waals surface area contributed by atoms with E-state index in [4.69, 9.17) is 11.6 Å². The summed E-state index contributed by atoms with van der Waals surface area (Å²) in [5, 5.41) is 3.30. The van der Waals surface area contributed by atoms with Crippen LogP contribution in [0.2, 0.25) is 5.02 Å². The lowest BCUT2D eigenvalue weighted by atomic mass is 10.1. The third-order valence-corrected chi connectivity index (χ3v) is 2.80. The van der Waals surface area contributed by atoms with Crippen LogP contribution in [0.4, 0.5) is 10.1 Å². The Morgan fingerprint density at radius 2 is 1.83 bits per heavy atom. The fourth-order valence-electron chi connectivity index (χ4n) is 1.56. The van der Waals surface area contributed by atoms with Crippen molar-refractivity contribution < 1.29 is 9.18 Å². The van der Waals surface area contributed by atoms with Gasteiger partial charge in [0.05, 0.1) is 0 Å². The Balaban J connectivity index is 2.18. The van der Waals surface area contributed by atoms with Crippen LogP contribution in [0.5, 0.6) is 0 Å². The maximum absolute atomic E-state index is 12.9. The molecule has 0 atom stereocenters. The smallest absolute Gasteiger partial charge is 0.255 e. The number of aryl methyl sites for hydroxylation is 1. The fraction of sp³-hybridized carbons (Fsp3) is 0.0714. The molecule has 0 aliphatic carbocycles. The Labute approximate surface area is 109 Å². The Morgan fingerprint density at radius 1 is 1.17 bits per heavy atom. The molecule has 0 aromatic heterocycles. The van der Waals surface area contributed by atoms with Crippen LogP contribution in [0.3, 0.4) is 0 Å². The maximum Gasteiger partial charge on any atom is 0.255 e. The summed E-state index contributed by atoms with van der Waals surface area (Å²) >= 11 is 5.75. The van der Waals surface area contributed by atoms with E-state index in [2.05, 4.69) is 5.32 Å². The Bertz CT molecular complexity index is 581. The molecule has 0 aliphatic heterocycles. The third kappa shape index (κ3) is 2.87. The largest absolute Gasteiger partial charge is 0.322 e. The van der Waals surface area contributed by atoms with Crippen molar-refractivity contribution in [3.63, 3.8) is 0 Å². The van der Waals surface area contributed by atoms with Crippen molar-refractivity contribution in [2.24, 2.45) is 0 Å². The van der Waals surface area contributed by atoms with Crippen molar-refractivity contribution >= 4 is 23.2 Å². The van der Waals surface area contributed by atoms with Crippen LogP contribution in [-0.4, -0.2) is 5.91 Å². The summed E-state index contributed by atoms with van der Waals surface area (Å²) in [7, 11) is 0. The van der Waals surface area contributed by atoms with Gasteiger partial charge in [-0.05, 0) is 55.0 Å². The van der Waals surface area contributed by atoms with Gasteiger partial charge in [0, 0.05) is 16.3 Å². The van der Waals surface area contributed by atoms with Crippen molar-refractivity contribution in [3.05, 3.63) is 64.4 Å². The van der Waals surface area contributed by atoms with Crippen LogP contribution in [0.1, 0.15) is 15.9 Å². The Morgan fingerprint density at radius 3 is 2.44 bits per heavy atom. The number of hydrogen-bond donors (Lipinski definition) is 1. The van der Waals surface area contributed by atoms with Gasteiger partial charge in [-0.25, -0.2) is 4.39 Å². The third-order valence-electron chi connectivity index (χ3n) is 2.54. The average molecular weight is 264 g/mol. The molecule has 0 heterocycles. The highest BCUT2D eigenvalue weighted by Gasteiger charge is 2.07. The van der Waals surface area contributed by atoms with Gasteiger partial charge >= 0.3 is 0 Å². The number of carbonyl (C=O) groups is 1. The molecule has 92 valence electrons. The van der Waals surface area contributed by atoms with Crippen molar-refractivity contribution in [1.82, 2.24) is 0 Å². The molecule has 0 radical (unpaired) electrons. The zero-order chi connectivity index (χ0) is 13.1. The number of nitrogens with one attached hydrogen (secondary N) is 1. The number of hydrogen-bond acceptors (Lipinski definition) is 1. The standard InChI is InChI=1S/C14H11ClFNO/c1-9-8-12(16)6-7-13(9)17-14(18)10-2-4-11(15)5-3-10/h2-8H,1H3,(H,17,18). The molecule has 0 aliphatic rings. The lowest BCUT2D eigenvalue weighted by Gasteiger charge is -2.08. The predicted molar refractivity (Wildman–Crippen MR) is 70.5 cm³/mol. The minimum absolute atomic E-state index is 0.249. The van der Waals surface area contributed by atoms with E-state index in [1.807, 2.05) is 0 Å². The van der Waals surface area contributed by atoms with Gasteiger partial charge in [-0.3, -0.25) is 4.79 Å². The highest BCUT2D eigenvalue weighted by atomic mass is 35.5. The molecule has 1 amide bonds. The molecule has 0 bridgehead atoms. The van der Waals surface area contributed by atoms with E-state index in [-0.39, 0.29) is 11.7 Å². The Hall–Kier alpha value is -1.87.